The molecule has 1 saturated heterocycles. The molecule has 25 heavy (non-hydrogen) atoms. The first-order chi connectivity index (χ1) is 11.8. The van der Waals surface area contributed by atoms with Gasteiger partial charge in [0.05, 0.1) is 22.2 Å². The van der Waals surface area contributed by atoms with Crippen LogP contribution >= 0.6 is 35.0 Å². The van der Waals surface area contributed by atoms with E-state index in [1.165, 1.54) is 10.6 Å². The van der Waals surface area contributed by atoms with Crippen LogP contribution < -0.4 is 5.32 Å². The van der Waals surface area contributed by atoms with Crippen molar-refractivity contribution < 1.29 is 13.2 Å². The zero-order valence-corrected chi connectivity index (χ0v) is 17.1. The number of carbonyl (C=O) groups excluding carboxylic acids is 1. The number of piperidine rings is 1. The molecule has 1 aliphatic rings. The number of benzene rings is 1. The van der Waals surface area contributed by atoms with Crippen molar-refractivity contribution in [2.75, 3.05) is 31.6 Å². The SMILES string of the molecule is CS(=O)(=O)N1CCCC(C(=O)NCCSCc2ccc(Cl)c(Cl)c2)C1. The Morgan fingerprint density at radius 3 is 2.80 bits per heavy atom. The molecule has 140 valence electrons. The molecular formula is C16H22Cl2N2O3S2. The van der Waals surface area contributed by atoms with Crippen molar-refractivity contribution in [1.29, 1.82) is 0 Å². The highest BCUT2D eigenvalue weighted by atomic mass is 35.5. The van der Waals surface area contributed by atoms with Crippen LogP contribution in [0.2, 0.25) is 10.0 Å². The second-order valence-electron chi connectivity index (χ2n) is 6.05. The van der Waals surface area contributed by atoms with Gasteiger partial charge in [0.15, 0.2) is 0 Å². The van der Waals surface area contributed by atoms with Gasteiger partial charge in [-0.3, -0.25) is 4.79 Å². The molecule has 1 aromatic carbocycles. The molecular weight excluding hydrogens is 403 g/mol. The Kier molecular flexibility index (Phi) is 7.89. The molecule has 1 N–H and O–H groups in total. The number of sulfonamides is 1. The molecule has 0 bridgehead atoms. The van der Waals surface area contributed by atoms with Gasteiger partial charge in [-0.05, 0) is 30.5 Å². The molecule has 0 aliphatic carbocycles. The Balaban J connectivity index is 1.69. The summed E-state index contributed by atoms with van der Waals surface area (Å²) in [7, 11) is -3.23. The lowest BCUT2D eigenvalue weighted by Crippen LogP contribution is -2.45. The molecule has 1 aliphatic heterocycles. The van der Waals surface area contributed by atoms with Crippen LogP contribution in [0.1, 0.15) is 18.4 Å². The Morgan fingerprint density at radius 2 is 2.12 bits per heavy atom. The summed E-state index contributed by atoms with van der Waals surface area (Å²) in [6, 6.07) is 5.55. The fraction of sp³-hybridized carbons (Fsp3) is 0.562. The second-order valence-corrected chi connectivity index (χ2v) is 9.95. The number of nitrogens with zero attached hydrogens (tertiary/aromatic N) is 1. The molecule has 5 nitrogen and oxygen atoms in total. The average molecular weight is 425 g/mol. The number of hydrogen-bond acceptors (Lipinski definition) is 4. The summed E-state index contributed by atoms with van der Waals surface area (Å²) in [6.45, 7) is 1.34. The number of thioether (sulfide) groups is 1. The first kappa shape index (κ1) is 20.8. The van der Waals surface area contributed by atoms with Gasteiger partial charge in [-0.1, -0.05) is 29.3 Å². The smallest absolute Gasteiger partial charge is 0.224 e. The summed E-state index contributed by atoms with van der Waals surface area (Å²) < 4.78 is 24.6. The maximum atomic E-state index is 12.2. The third-order valence-corrected chi connectivity index (χ3v) is 7.06. The molecule has 1 fully saturated rings. The minimum absolute atomic E-state index is 0.0662. The lowest BCUT2D eigenvalue weighted by Gasteiger charge is -2.30. The lowest BCUT2D eigenvalue weighted by molar-refractivity contribution is -0.125. The van der Waals surface area contributed by atoms with Gasteiger partial charge in [-0.15, -0.1) is 0 Å². The van der Waals surface area contributed by atoms with E-state index >= 15 is 0 Å². The number of rotatable bonds is 7. The van der Waals surface area contributed by atoms with Crippen LogP contribution in [-0.4, -0.2) is 50.3 Å². The molecule has 1 unspecified atom stereocenters. The highest BCUT2D eigenvalue weighted by Crippen LogP contribution is 2.24. The van der Waals surface area contributed by atoms with Crippen molar-refractivity contribution in [1.82, 2.24) is 9.62 Å². The topological polar surface area (TPSA) is 66.5 Å². The summed E-state index contributed by atoms with van der Waals surface area (Å²) in [4.78, 5) is 12.2. The van der Waals surface area contributed by atoms with E-state index in [-0.39, 0.29) is 18.4 Å². The Bertz CT molecular complexity index is 713. The van der Waals surface area contributed by atoms with Gasteiger partial charge in [-0.25, -0.2) is 12.7 Å². The Labute approximate surface area is 163 Å². The zero-order valence-electron chi connectivity index (χ0n) is 14.0. The predicted octanol–water partition coefficient (Wildman–Crippen LogP) is 3.01. The van der Waals surface area contributed by atoms with Gasteiger partial charge in [0.1, 0.15) is 0 Å². The monoisotopic (exact) mass is 424 g/mol. The molecule has 0 saturated carbocycles. The van der Waals surface area contributed by atoms with E-state index < -0.39 is 10.0 Å². The molecule has 1 heterocycles. The molecule has 0 radical (unpaired) electrons. The van der Waals surface area contributed by atoms with Crippen molar-refractivity contribution >= 4 is 50.9 Å². The van der Waals surface area contributed by atoms with Crippen molar-refractivity contribution in [3.63, 3.8) is 0 Å². The zero-order chi connectivity index (χ0) is 18.4. The van der Waals surface area contributed by atoms with Crippen LogP contribution in [0.3, 0.4) is 0 Å². The fourth-order valence-corrected chi connectivity index (χ4v) is 4.71. The summed E-state index contributed by atoms with van der Waals surface area (Å²) in [5, 5.41) is 3.99. The van der Waals surface area contributed by atoms with Crippen LogP contribution in [0.4, 0.5) is 0 Å². The van der Waals surface area contributed by atoms with Crippen molar-refractivity contribution in [3.05, 3.63) is 33.8 Å². The maximum Gasteiger partial charge on any atom is 0.224 e. The number of hydrogen-bond donors (Lipinski definition) is 1. The summed E-state index contributed by atoms with van der Waals surface area (Å²) >= 11 is 13.6. The van der Waals surface area contributed by atoms with E-state index in [4.69, 9.17) is 23.2 Å². The predicted molar refractivity (Wildman–Crippen MR) is 105 cm³/mol. The molecule has 9 heteroatoms. The van der Waals surface area contributed by atoms with Gasteiger partial charge in [0.2, 0.25) is 15.9 Å². The molecule has 2 rings (SSSR count). The maximum absolute atomic E-state index is 12.2. The lowest BCUT2D eigenvalue weighted by atomic mass is 9.99. The van der Waals surface area contributed by atoms with Crippen LogP contribution in [-0.2, 0) is 20.6 Å². The normalized spacial score (nSPS) is 18.9. The average Bonchev–Trinajstić information content (AvgIpc) is 2.57. The van der Waals surface area contributed by atoms with Crippen molar-refractivity contribution in [2.24, 2.45) is 5.92 Å². The van der Waals surface area contributed by atoms with Gasteiger partial charge >= 0.3 is 0 Å². The van der Waals surface area contributed by atoms with E-state index in [1.807, 2.05) is 12.1 Å². The van der Waals surface area contributed by atoms with E-state index in [1.54, 1.807) is 17.8 Å². The number of halogens is 2. The number of carbonyl (C=O) groups is 1. The van der Waals surface area contributed by atoms with E-state index in [9.17, 15) is 13.2 Å². The quantitative estimate of drug-likeness (QED) is 0.682. The molecule has 1 aromatic rings. The first-order valence-electron chi connectivity index (χ1n) is 8.02. The van der Waals surface area contributed by atoms with Crippen LogP contribution in [0.15, 0.2) is 18.2 Å². The Hall–Kier alpha value is -0.470. The molecule has 1 amide bonds. The van der Waals surface area contributed by atoms with Crippen LogP contribution in [0.25, 0.3) is 0 Å². The van der Waals surface area contributed by atoms with Gasteiger partial charge in [0.25, 0.3) is 0 Å². The van der Waals surface area contributed by atoms with Crippen LogP contribution in [0.5, 0.6) is 0 Å². The minimum Gasteiger partial charge on any atom is -0.355 e. The fourth-order valence-electron chi connectivity index (χ4n) is 2.67. The molecule has 0 aromatic heterocycles. The number of nitrogens with one attached hydrogen (secondary N) is 1. The molecule has 1 atom stereocenters. The second kappa shape index (κ2) is 9.46. The van der Waals surface area contributed by atoms with E-state index in [0.717, 1.165) is 29.9 Å². The highest BCUT2D eigenvalue weighted by molar-refractivity contribution is 7.98. The highest BCUT2D eigenvalue weighted by Gasteiger charge is 2.29. The van der Waals surface area contributed by atoms with Crippen molar-refractivity contribution in [3.8, 4) is 0 Å². The van der Waals surface area contributed by atoms with E-state index in [2.05, 4.69) is 5.32 Å². The van der Waals surface area contributed by atoms with Gasteiger partial charge in [-0.2, -0.15) is 11.8 Å². The van der Waals surface area contributed by atoms with Gasteiger partial charge < -0.3 is 5.32 Å². The Morgan fingerprint density at radius 1 is 1.36 bits per heavy atom. The third-order valence-electron chi connectivity index (χ3n) is 4.02. The van der Waals surface area contributed by atoms with E-state index in [0.29, 0.717) is 23.1 Å². The summed E-state index contributed by atoms with van der Waals surface area (Å²) in [5.41, 5.74) is 1.09. The van der Waals surface area contributed by atoms with Gasteiger partial charge in [0, 0.05) is 31.1 Å². The summed E-state index contributed by atoms with van der Waals surface area (Å²) in [6.07, 6.45) is 2.64. The van der Waals surface area contributed by atoms with Crippen LogP contribution in [0, 0.1) is 5.92 Å². The first-order valence-corrected chi connectivity index (χ1v) is 11.8. The largest absolute Gasteiger partial charge is 0.355 e. The summed E-state index contributed by atoms with van der Waals surface area (Å²) in [5.74, 6) is 1.24. The number of amides is 1. The minimum atomic E-state index is -3.23. The molecule has 0 spiro atoms. The standard InChI is InChI=1S/C16H22Cl2N2O3S2/c1-25(22,23)20-7-2-3-13(10-20)16(21)19-6-8-24-11-12-4-5-14(17)15(18)9-12/h4-5,9,13H,2-3,6-8,10-11H2,1H3,(H,19,21). The third kappa shape index (κ3) is 6.64. The van der Waals surface area contributed by atoms with Crippen molar-refractivity contribution in [2.45, 2.75) is 18.6 Å².